The maximum absolute atomic E-state index is 12.4. The van der Waals surface area contributed by atoms with E-state index in [4.69, 9.17) is 0 Å². The van der Waals surface area contributed by atoms with Crippen molar-refractivity contribution in [3.05, 3.63) is 66.0 Å². The molecule has 0 radical (unpaired) electrons. The van der Waals surface area contributed by atoms with E-state index in [0.717, 1.165) is 22.9 Å². The van der Waals surface area contributed by atoms with Gasteiger partial charge >= 0.3 is 0 Å². The number of nitrogens with zero attached hydrogens (tertiary/aromatic N) is 3. The molecule has 0 aliphatic carbocycles. The number of aromatic nitrogens is 4. The molecule has 9 nitrogen and oxygen atoms in total. The third kappa shape index (κ3) is 6.81. The van der Waals surface area contributed by atoms with Gasteiger partial charge in [-0.3, -0.25) is 9.59 Å². The number of tetrazole rings is 1. The number of ketones is 1. The molecule has 0 bridgehead atoms. The largest absolute Gasteiger partial charge is 0.346 e. The Morgan fingerprint density at radius 1 is 1.03 bits per heavy atom. The second-order valence-electron chi connectivity index (χ2n) is 7.85. The van der Waals surface area contributed by atoms with Gasteiger partial charge in [0.25, 0.3) is 11.7 Å². The molecular weight excluding hydrogens is 430 g/mol. The van der Waals surface area contributed by atoms with Gasteiger partial charge in [0, 0.05) is 18.2 Å². The zero-order valence-corrected chi connectivity index (χ0v) is 18.7. The van der Waals surface area contributed by atoms with Crippen LogP contribution in [0.4, 0.5) is 0 Å². The van der Waals surface area contributed by atoms with Crippen LogP contribution in [0, 0.1) is 5.92 Å². The highest BCUT2D eigenvalue weighted by Crippen LogP contribution is 2.21. The van der Waals surface area contributed by atoms with Crippen molar-refractivity contribution >= 4 is 21.5 Å². The van der Waals surface area contributed by atoms with E-state index >= 15 is 0 Å². The van der Waals surface area contributed by atoms with Crippen molar-refractivity contribution in [2.45, 2.75) is 25.8 Å². The van der Waals surface area contributed by atoms with Crippen molar-refractivity contribution in [2.75, 3.05) is 12.0 Å². The Morgan fingerprint density at radius 3 is 2.28 bits per heavy atom. The first-order valence-electron chi connectivity index (χ1n) is 10.1. The number of rotatable bonds is 10. The highest BCUT2D eigenvalue weighted by molar-refractivity contribution is 7.91. The molecule has 0 aliphatic heterocycles. The predicted molar refractivity (Wildman–Crippen MR) is 120 cm³/mol. The van der Waals surface area contributed by atoms with E-state index in [9.17, 15) is 18.0 Å². The predicted octanol–water partition coefficient (Wildman–Crippen LogP) is 1.85. The van der Waals surface area contributed by atoms with Gasteiger partial charge in [-0.25, -0.2) is 8.42 Å². The highest BCUT2D eigenvalue weighted by Gasteiger charge is 2.24. The minimum Gasteiger partial charge on any atom is -0.346 e. The molecule has 3 aromatic rings. The fourth-order valence-corrected chi connectivity index (χ4v) is 4.21. The van der Waals surface area contributed by atoms with E-state index in [2.05, 4.69) is 25.9 Å². The average Bonchev–Trinajstić information content (AvgIpc) is 3.29. The lowest BCUT2D eigenvalue weighted by atomic mass is 9.93. The molecule has 1 heterocycles. The summed E-state index contributed by atoms with van der Waals surface area (Å²) in [5.41, 5.74) is 3.13. The van der Waals surface area contributed by atoms with E-state index in [0.29, 0.717) is 6.42 Å². The molecule has 1 aromatic heterocycles. The van der Waals surface area contributed by atoms with Gasteiger partial charge in [-0.1, -0.05) is 61.5 Å². The molecule has 0 aliphatic rings. The van der Waals surface area contributed by atoms with Crippen LogP contribution in [0.5, 0.6) is 0 Å². The van der Waals surface area contributed by atoms with Gasteiger partial charge in [0.05, 0.1) is 0 Å². The Balaban J connectivity index is 1.74. The number of hydrogen-bond donors (Lipinski definition) is 2. The molecule has 0 unspecified atom stereocenters. The molecule has 0 spiro atoms. The molecule has 3 rings (SSSR count). The van der Waals surface area contributed by atoms with Crippen LogP contribution in [-0.4, -0.2) is 58.8 Å². The second kappa shape index (κ2) is 10.3. The van der Waals surface area contributed by atoms with Crippen LogP contribution in [0.1, 0.15) is 29.5 Å². The number of sulfone groups is 1. The molecule has 2 aromatic carbocycles. The van der Waals surface area contributed by atoms with Crippen LogP contribution >= 0.6 is 0 Å². The SMILES string of the molecule is C[C@H](C[C@@H](Cc1ccc(-c2ccccc2)cc1)NC(=O)c1nn[nH]n1)C(=O)CS(C)(=O)=O. The Morgan fingerprint density at radius 2 is 1.69 bits per heavy atom. The van der Waals surface area contributed by atoms with Gasteiger partial charge in [0.15, 0.2) is 15.6 Å². The number of benzene rings is 2. The Kier molecular flexibility index (Phi) is 7.47. The van der Waals surface area contributed by atoms with Crippen LogP contribution in [-0.2, 0) is 21.1 Å². The van der Waals surface area contributed by atoms with E-state index < -0.39 is 33.5 Å². The van der Waals surface area contributed by atoms with Crippen LogP contribution in [0.25, 0.3) is 11.1 Å². The van der Waals surface area contributed by atoms with Crippen molar-refractivity contribution < 1.29 is 18.0 Å². The lowest BCUT2D eigenvalue weighted by Gasteiger charge is -2.21. The molecule has 2 N–H and O–H groups in total. The highest BCUT2D eigenvalue weighted by atomic mass is 32.2. The van der Waals surface area contributed by atoms with Crippen molar-refractivity contribution in [3.63, 3.8) is 0 Å². The monoisotopic (exact) mass is 455 g/mol. The van der Waals surface area contributed by atoms with Crippen molar-refractivity contribution in [2.24, 2.45) is 5.92 Å². The summed E-state index contributed by atoms with van der Waals surface area (Å²) in [5.74, 6) is -2.09. The van der Waals surface area contributed by atoms with Crippen molar-refractivity contribution in [1.29, 1.82) is 0 Å². The number of aromatic amines is 1. The minimum atomic E-state index is -3.42. The first kappa shape index (κ1) is 23.3. The summed E-state index contributed by atoms with van der Waals surface area (Å²) in [7, 11) is -3.42. The summed E-state index contributed by atoms with van der Waals surface area (Å²) in [4.78, 5) is 24.8. The Labute approximate surface area is 186 Å². The summed E-state index contributed by atoms with van der Waals surface area (Å²) in [6, 6.07) is 17.5. The van der Waals surface area contributed by atoms with Gasteiger partial charge in [-0.05, 0) is 34.7 Å². The first-order chi connectivity index (χ1) is 15.2. The van der Waals surface area contributed by atoms with Gasteiger partial charge < -0.3 is 5.32 Å². The van der Waals surface area contributed by atoms with E-state index in [1.165, 1.54) is 0 Å². The maximum Gasteiger partial charge on any atom is 0.293 e. The number of amides is 1. The topological polar surface area (TPSA) is 135 Å². The minimum absolute atomic E-state index is 0.107. The summed E-state index contributed by atoms with van der Waals surface area (Å²) in [5, 5.41) is 15.8. The molecule has 10 heteroatoms. The number of nitrogens with one attached hydrogen (secondary N) is 2. The smallest absolute Gasteiger partial charge is 0.293 e. The molecule has 0 saturated carbocycles. The Bertz CT molecular complexity index is 1150. The van der Waals surface area contributed by atoms with E-state index in [1.807, 2.05) is 54.6 Å². The number of H-pyrrole nitrogens is 1. The normalized spacial score (nSPS) is 13.3. The molecule has 1 amide bonds. The quantitative estimate of drug-likeness (QED) is 0.476. The lowest BCUT2D eigenvalue weighted by molar-refractivity contribution is -0.120. The standard InChI is InChI=1S/C22H25N5O4S/c1-15(20(28)14-32(2,30)31)12-19(23-22(29)21-24-26-27-25-21)13-16-8-10-18(11-9-16)17-6-4-3-5-7-17/h3-11,15,19H,12-14H2,1-2H3,(H,23,29)(H,24,25,26,27)/t15-,19+/m1/s1. The van der Waals surface area contributed by atoms with Crippen LogP contribution in [0.3, 0.4) is 0 Å². The molecule has 168 valence electrons. The number of hydrogen-bond acceptors (Lipinski definition) is 7. The summed E-state index contributed by atoms with van der Waals surface area (Å²) in [6.07, 6.45) is 1.76. The van der Waals surface area contributed by atoms with Crippen LogP contribution in [0.15, 0.2) is 54.6 Å². The lowest BCUT2D eigenvalue weighted by Crippen LogP contribution is -2.39. The summed E-state index contributed by atoms with van der Waals surface area (Å²) in [6.45, 7) is 1.67. The molecule has 2 atom stereocenters. The third-order valence-electron chi connectivity index (χ3n) is 5.02. The third-order valence-corrected chi connectivity index (χ3v) is 5.83. The zero-order chi connectivity index (χ0) is 23.1. The number of Topliss-reactive ketones (excluding diaryl/α,β-unsaturated/α-hetero) is 1. The average molecular weight is 456 g/mol. The van der Waals surface area contributed by atoms with Gasteiger partial charge in [0.2, 0.25) is 0 Å². The number of carbonyl (C=O) groups is 2. The zero-order valence-electron chi connectivity index (χ0n) is 17.9. The van der Waals surface area contributed by atoms with Gasteiger partial charge in [0.1, 0.15) is 5.75 Å². The van der Waals surface area contributed by atoms with Crippen molar-refractivity contribution in [1.82, 2.24) is 25.9 Å². The second-order valence-corrected chi connectivity index (χ2v) is 9.99. The van der Waals surface area contributed by atoms with Gasteiger partial charge in [-0.2, -0.15) is 5.21 Å². The van der Waals surface area contributed by atoms with E-state index in [1.54, 1.807) is 6.92 Å². The fourth-order valence-electron chi connectivity index (χ4n) is 3.41. The Hall–Kier alpha value is -3.40. The van der Waals surface area contributed by atoms with E-state index in [-0.39, 0.29) is 18.0 Å². The first-order valence-corrected chi connectivity index (χ1v) is 12.2. The van der Waals surface area contributed by atoms with Crippen molar-refractivity contribution in [3.8, 4) is 11.1 Å². The fraction of sp³-hybridized carbons (Fsp3) is 0.318. The summed E-state index contributed by atoms with van der Waals surface area (Å²) >= 11 is 0. The molecule has 0 saturated heterocycles. The molecular formula is C22H25N5O4S. The molecule has 0 fully saturated rings. The van der Waals surface area contributed by atoms with Gasteiger partial charge in [-0.15, -0.1) is 10.2 Å². The molecule has 32 heavy (non-hydrogen) atoms. The van der Waals surface area contributed by atoms with Crippen LogP contribution < -0.4 is 5.32 Å². The summed E-state index contributed by atoms with van der Waals surface area (Å²) < 4.78 is 23.0. The van der Waals surface area contributed by atoms with Crippen LogP contribution in [0.2, 0.25) is 0 Å². The maximum atomic E-state index is 12.4. The number of carbonyl (C=O) groups excluding carboxylic acids is 2.